The molecule has 0 unspecified atom stereocenters. The van der Waals surface area contributed by atoms with Crippen molar-refractivity contribution >= 4 is 15.9 Å². The topological polar surface area (TPSA) is 66.0 Å². The first-order valence-electron chi connectivity index (χ1n) is 6.79. The van der Waals surface area contributed by atoms with Crippen LogP contribution in [0, 0.1) is 0 Å². The molecule has 2 N–H and O–H groups in total. The second kappa shape index (κ2) is 5.93. The monoisotopic (exact) mass is 336 g/mol. The summed E-state index contributed by atoms with van der Waals surface area (Å²) >= 11 is 3.55. The fourth-order valence-corrected chi connectivity index (χ4v) is 3.00. The van der Waals surface area contributed by atoms with E-state index in [1.54, 1.807) is 0 Å². The number of hydrogen-bond acceptors (Lipinski definition) is 4. The van der Waals surface area contributed by atoms with E-state index in [0.717, 1.165) is 47.3 Å². The number of aromatic nitrogens is 3. The van der Waals surface area contributed by atoms with Crippen molar-refractivity contribution in [1.82, 2.24) is 15.0 Å². The Morgan fingerprint density at radius 2 is 2.30 bits per heavy atom. The summed E-state index contributed by atoms with van der Waals surface area (Å²) in [5.74, 6) is 1.01. The number of hydrogen-bond donors (Lipinski definition) is 1. The van der Waals surface area contributed by atoms with E-state index in [0.29, 0.717) is 13.1 Å². The Hall–Kier alpha value is -1.40. The first-order valence-corrected chi connectivity index (χ1v) is 7.59. The van der Waals surface area contributed by atoms with Gasteiger partial charge in [-0.15, -0.1) is 5.10 Å². The lowest BCUT2D eigenvalue weighted by Crippen LogP contribution is -2.02. The summed E-state index contributed by atoms with van der Waals surface area (Å²) in [5, 5.41) is 8.35. The molecular weight excluding hydrogens is 320 g/mol. The molecule has 5 nitrogen and oxygen atoms in total. The largest absolute Gasteiger partial charge is 0.493 e. The minimum Gasteiger partial charge on any atom is -0.493 e. The number of fused-ring (bicyclic) bond motifs is 1. The van der Waals surface area contributed by atoms with Crippen LogP contribution in [0.2, 0.25) is 0 Å². The molecule has 3 rings (SSSR count). The lowest BCUT2D eigenvalue weighted by Gasteiger charge is -2.08. The number of nitrogens with two attached hydrogens (primary N) is 1. The van der Waals surface area contributed by atoms with Crippen molar-refractivity contribution in [3.8, 4) is 5.75 Å². The van der Waals surface area contributed by atoms with E-state index >= 15 is 0 Å². The van der Waals surface area contributed by atoms with E-state index in [-0.39, 0.29) is 0 Å². The summed E-state index contributed by atoms with van der Waals surface area (Å²) in [4.78, 5) is 0. The van der Waals surface area contributed by atoms with Crippen LogP contribution in [0.3, 0.4) is 0 Å². The van der Waals surface area contributed by atoms with Gasteiger partial charge in [-0.2, -0.15) is 0 Å². The Bertz CT molecular complexity index is 611. The number of halogens is 1. The van der Waals surface area contributed by atoms with E-state index in [9.17, 15) is 0 Å². The molecule has 0 saturated carbocycles. The molecule has 20 heavy (non-hydrogen) atoms. The third kappa shape index (κ3) is 2.86. The van der Waals surface area contributed by atoms with Crippen LogP contribution in [0.25, 0.3) is 0 Å². The molecule has 6 heteroatoms. The Kier molecular flexibility index (Phi) is 4.03. The number of rotatable bonds is 5. The summed E-state index contributed by atoms with van der Waals surface area (Å²) in [7, 11) is 0. The predicted molar refractivity (Wildman–Crippen MR) is 79.8 cm³/mol. The molecule has 0 spiro atoms. The number of ether oxygens (including phenoxy) is 1. The second-order valence-corrected chi connectivity index (χ2v) is 5.87. The SMILES string of the molecule is NCCCc1cn(Cc2cc(Br)cc3c2OCC3)nn1. The molecule has 0 bridgehead atoms. The third-order valence-electron chi connectivity index (χ3n) is 3.38. The third-order valence-corrected chi connectivity index (χ3v) is 3.84. The van der Waals surface area contributed by atoms with Crippen molar-refractivity contribution in [2.45, 2.75) is 25.8 Å². The van der Waals surface area contributed by atoms with Crippen LogP contribution in [-0.4, -0.2) is 28.1 Å². The molecule has 0 saturated heterocycles. The van der Waals surface area contributed by atoms with Gasteiger partial charge in [-0.3, -0.25) is 0 Å². The highest BCUT2D eigenvalue weighted by Gasteiger charge is 2.18. The highest BCUT2D eigenvalue weighted by molar-refractivity contribution is 9.10. The highest BCUT2D eigenvalue weighted by atomic mass is 79.9. The van der Waals surface area contributed by atoms with E-state index in [4.69, 9.17) is 10.5 Å². The average Bonchev–Trinajstić information content (AvgIpc) is 3.05. The summed E-state index contributed by atoms with van der Waals surface area (Å²) in [6.07, 6.45) is 4.77. The van der Waals surface area contributed by atoms with Gasteiger partial charge >= 0.3 is 0 Å². The minimum atomic E-state index is 0.678. The van der Waals surface area contributed by atoms with Crippen LogP contribution in [0.5, 0.6) is 5.75 Å². The molecule has 1 aromatic heterocycles. The van der Waals surface area contributed by atoms with Gasteiger partial charge in [-0.25, -0.2) is 4.68 Å². The molecule has 0 amide bonds. The van der Waals surface area contributed by atoms with Gasteiger partial charge < -0.3 is 10.5 Å². The highest BCUT2D eigenvalue weighted by Crippen LogP contribution is 2.33. The molecular formula is C14H17BrN4O. The maximum Gasteiger partial charge on any atom is 0.127 e. The van der Waals surface area contributed by atoms with Gasteiger partial charge in [0.15, 0.2) is 0 Å². The summed E-state index contributed by atoms with van der Waals surface area (Å²) in [6, 6.07) is 4.21. The van der Waals surface area contributed by atoms with Crippen LogP contribution in [0.15, 0.2) is 22.8 Å². The molecule has 0 fully saturated rings. The first-order chi connectivity index (χ1) is 9.76. The molecule has 1 aliphatic heterocycles. The lowest BCUT2D eigenvalue weighted by molar-refractivity contribution is 0.352. The van der Waals surface area contributed by atoms with Crippen molar-refractivity contribution < 1.29 is 4.74 Å². The molecule has 0 atom stereocenters. The molecule has 2 heterocycles. The van der Waals surface area contributed by atoms with Crippen molar-refractivity contribution in [3.63, 3.8) is 0 Å². The number of benzene rings is 1. The summed E-state index contributed by atoms with van der Waals surface area (Å²) in [6.45, 7) is 2.12. The maximum absolute atomic E-state index is 5.73. The molecule has 1 aromatic carbocycles. The van der Waals surface area contributed by atoms with Crippen molar-refractivity contribution in [2.75, 3.05) is 13.2 Å². The van der Waals surface area contributed by atoms with Crippen molar-refractivity contribution in [2.24, 2.45) is 5.73 Å². The summed E-state index contributed by atoms with van der Waals surface area (Å²) in [5.41, 5.74) is 8.90. The van der Waals surface area contributed by atoms with Crippen molar-refractivity contribution in [1.29, 1.82) is 0 Å². The maximum atomic E-state index is 5.73. The Labute approximate surface area is 126 Å². The fraction of sp³-hybridized carbons (Fsp3) is 0.429. The molecule has 0 radical (unpaired) electrons. The standard InChI is InChI=1S/C14H17BrN4O/c15-12-6-10-3-5-20-14(10)11(7-12)8-19-9-13(17-18-19)2-1-4-16/h6-7,9H,1-5,8,16H2. The zero-order valence-electron chi connectivity index (χ0n) is 11.2. The fourth-order valence-electron chi connectivity index (χ4n) is 2.45. The van der Waals surface area contributed by atoms with Gasteiger partial charge in [0, 0.05) is 22.7 Å². The van der Waals surface area contributed by atoms with Gasteiger partial charge in [0.2, 0.25) is 0 Å². The van der Waals surface area contributed by atoms with E-state index < -0.39 is 0 Å². The molecule has 2 aromatic rings. The van der Waals surface area contributed by atoms with Crippen LogP contribution in [0.1, 0.15) is 23.2 Å². The van der Waals surface area contributed by atoms with E-state index in [1.165, 1.54) is 5.56 Å². The van der Waals surface area contributed by atoms with Gasteiger partial charge in [0.25, 0.3) is 0 Å². The normalized spacial score (nSPS) is 13.3. The van der Waals surface area contributed by atoms with E-state index in [2.05, 4.69) is 38.4 Å². The Balaban J connectivity index is 1.79. The lowest BCUT2D eigenvalue weighted by atomic mass is 10.1. The smallest absolute Gasteiger partial charge is 0.127 e. The average molecular weight is 337 g/mol. The zero-order chi connectivity index (χ0) is 13.9. The Morgan fingerprint density at radius 3 is 3.15 bits per heavy atom. The van der Waals surface area contributed by atoms with Gasteiger partial charge in [0.05, 0.1) is 18.8 Å². The minimum absolute atomic E-state index is 0.678. The van der Waals surface area contributed by atoms with Crippen LogP contribution in [0.4, 0.5) is 0 Å². The molecule has 1 aliphatic rings. The zero-order valence-corrected chi connectivity index (χ0v) is 12.8. The predicted octanol–water partition coefficient (Wildman–Crippen LogP) is 1.92. The molecule has 0 aliphatic carbocycles. The quantitative estimate of drug-likeness (QED) is 0.905. The van der Waals surface area contributed by atoms with Crippen LogP contribution >= 0.6 is 15.9 Å². The second-order valence-electron chi connectivity index (χ2n) is 4.95. The first kappa shape index (κ1) is 13.6. The van der Waals surface area contributed by atoms with E-state index in [1.807, 2.05) is 10.9 Å². The van der Waals surface area contributed by atoms with Crippen molar-refractivity contribution in [3.05, 3.63) is 39.6 Å². The summed E-state index contributed by atoms with van der Waals surface area (Å²) < 4.78 is 8.67. The molecule has 106 valence electrons. The van der Waals surface area contributed by atoms with Gasteiger partial charge in [-0.05, 0) is 37.1 Å². The van der Waals surface area contributed by atoms with Gasteiger partial charge in [0.1, 0.15) is 5.75 Å². The Morgan fingerprint density at radius 1 is 1.40 bits per heavy atom. The van der Waals surface area contributed by atoms with Crippen LogP contribution in [-0.2, 0) is 19.4 Å². The van der Waals surface area contributed by atoms with Gasteiger partial charge in [-0.1, -0.05) is 21.1 Å². The van der Waals surface area contributed by atoms with Crippen LogP contribution < -0.4 is 10.5 Å². The number of nitrogens with zero attached hydrogens (tertiary/aromatic N) is 3. The number of aryl methyl sites for hydroxylation is 1.